The van der Waals surface area contributed by atoms with Gasteiger partial charge in [-0.05, 0) is 20.0 Å². The maximum absolute atomic E-state index is 13.8. The summed E-state index contributed by atoms with van der Waals surface area (Å²) in [5.74, 6) is -2.76. The van der Waals surface area contributed by atoms with E-state index in [2.05, 4.69) is 10.4 Å². The van der Waals surface area contributed by atoms with Crippen LogP contribution in [0, 0.1) is 17.5 Å². The van der Waals surface area contributed by atoms with Crippen LogP contribution in [0.3, 0.4) is 0 Å². The van der Waals surface area contributed by atoms with Gasteiger partial charge in [0.15, 0.2) is 0 Å². The predicted octanol–water partition coefficient (Wildman–Crippen LogP) is 2.63. The summed E-state index contributed by atoms with van der Waals surface area (Å²) in [4.78, 5) is 0. The van der Waals surface area contributed by atoms with Crippen LogP contribution in [0.25, 0.3) is 0 Å². The molecule has 1 aromatic heterocycles. The fourth-order valence-corrected chi connectivity index (χ4v) is 2.12. The lowest BCUT2D eigenvalue weighted by molar-refractivity contribution is 0.483. The fourth-order valence-electron chi connectivity index (χ4n) is 2.12. The van der Waals surface area contributed by atoms with Crippen LogP contribution in [0.5, 0.6) is 0 Å². The molecule has 0 radical (unpaired) electrons. The molecule has 1 atom stereocenters. The summed E-state index contributed by atoms with van der Waals surface area (Å²) in [6.07, 6.45) is 1.56. The van der Waals surface area contributed by atoms with Gasteiger partial charge in [-0.1, -0.05) is 0 Å². The molecule has 1 N–H and O–H groups in total. The van der Waals surface area contributed by atoms with Crippen LogP contribution in [-0.4, -0.2) is 16.8 Å². The van der Waals surface area contributed by atoms with Gasteiger partial charge >= 0.3 is 0 Å². The number of nitrogens with one attached hydrogen (secondary N) is 1. The molecule has 0 saturated heterocycles. The van der Waals surface area contributed by atoms with Crippen LogP contribution in [0.2, 0.25) is 0 Å². The Hall–Kier alpha value is -1.82. The number of hydrogen-bond acceptors (Lipinski definition) is 2. The molecule has 6 heteroatoms. The quantitative estimate of drug-likeness (QED) is 0.924. The van der Waals surface area contributed by atoms with E-state index in [0.29, 0.717) is 24.4 Å². The van der Waals surface area contributed by atoms with Crippen molar-refractivity contribution in [2.24, 2.45) is 0 Å². The Morgan fingerprint density at radius 3 is 2.42 bits per heavy atom. The van der Waals surface area contributed by atoms with E-state index >= 15 is 0 Å². The molecular weight excluding hydrogens is 255 g/mol. The Labute approximate surface area is 109 Å². The smallest absolute Gasteiger partial charge is 0.134 e. The highest BCUT2D eigenvalue weighted by Gasteiger charge is 2.24. The number of nitrogens with zero attached hydrogens (tertiary/aromatic N) is 2. The highest BCUT2D eigenvalue weighted by atomic mass is 19.1. The van der Waals surface area contributed by atoms with E-state index in [0.717, 1.165) is 0 Å². The minimum atomic E-state index is -0.933. The van der Waals surface area contributed by atoms with E-state index in [1.165, 1.54) is 0 Å². The summed E-state index contributed by atoms with van der Waals surface area (Å²) in [5.41, 5.74) is 0.411. The number of halogens is 3. The largest absolute Gasteiger partial charge is 0.308 e. The lowest BCUT2D eigenvalue weighted by Crippen LogP contribution is -2.23. The molecule has 0 bridgehead atoms. The Morgan fingerprint density at radius 2 is 1.89 bits per heavy atom. The van der Waals surface area contributed by atoms with E-state index in [9.17, 15) is 13.2 Å². The third kappa shape index (κ3) is 2.49. The van der Waals surface area contributed by atoms with Gasteiger partial charge in [0.1, 0.15) is 17.5 Å². The molecule has 0 amide bonds. The first-order valence-corrected chi connectivity index (χ1v) is 5.91. The van der Waals surface area contributed by atoms with Crippen LogP contribution in [0.1, 0.15) is 24.2 Å². The Bertz CT molecular complexity index is 557. The highest BCUT2D eigenvalue weighted by molar-refractivity contribution is 5.30. The zero-order chi connectivity index (χ0) is 14.0. The van der Waals surface area contributed by atoms with Crippen LogP contribution in [0.15, 0.2) is 24.4 Å². The molecule has 1 aromatic carbocycles. The van der Waals surface area contributed by atoms with Crippen molar-refractivity contribution in [2.45, 2.75) is 19.5 Å². The van der Waals surface area contributed by atoms with Crippen LogP contribution in [-0.2, 0) is 6.54 Å². The topological polar surface area (TPSA) is 29.9 Å². The van der Waals surface area contributed by atoms with Gasteiger partial charge in [-0.3, -0.25) is 4.68 Å². The molecule has 102 valence electrons. The number of benzene rings is 1. The SMILES string of the molecule is CCn1nccc1C(NC)c1c(F)cc(F)cc1F. The summed E-state index contributed by atoms with van der Waals surface area (Å²) in [5, 5.41) is 6.90. The second-order valence-electron chi connectivity index (χ2n) is 4.08. The van der Waals surface area contributed by atoms with Gasteiger partial charge in [0.05, 0.1) is 11.7 Å². The molecule has 0 aliphatic heterocycles. The summed E-state index contributed by atoms with van der Waals surface area (Å²) < 4.78 is 42.2. The van der Waals surface area contributed by atoms with Crippen molar-refractivity contribution in [2.75, 3.05) is 7.05 Å². The molecule has 1 heterocycles. The Kier molecular flexibility index (Phi) is 3.90. The molecule has 3 nitrogen and oxygen atoms in total. The summed E-state index contributed by atoms with van der Waals surface area (Å²) in [6.45, 7) is 2.45. The van der Waals surface area contributed by atoms with Crippen molar-refractivity contribution in [1.29, 1.82) is 0 Å². The highest BCUT2D eigenvalue weighted by Crippen LogP contribution is 2.27. The first-order chi connectivity index (χ1) is 9.08. The summed E-state index contributed by atoms with van der Waals surface area (Å²) >= 11 is 0. The van der Waals surface area contributed by atoms with Crippen LogP contribution >= 0.6 is 0 Å². The average molecular weight is 269 g/mol. The van der Waals surface area contributed by atoms with Crippen LogP contribution < -0.4 is 5.32 Å². The monoisotopic (exact) mass is 269 g/mol. The third-order valence-corrected chi connectivity index (χ3v) is 2.97. The lowest BCUT2D eigenvalue weighted by Gasteiger charge is -2.19. The number of aryl methyl sites for hydroxylation is 1. The first kappa shape index (κ1) is 13.6. The Balaban J connectivity index is 2.54. The van der Waals surface area contributed by atoms with E-state index in [1.54, 1.807) is 24.0 Å². The third-order valence-electron chi connectivity index (χ3n) is 2.97. The van der Waals surface area contributed by atoms with E-state index in [-0.39, 0.29) is 5.56 Å². The minimum Gasteiger partial charge on any atom is -0.308 e. The molecule has 1 unspecified atom stereocenters. The number of aromatic nitrogens is 2. The molecule has 0 fully saturated rings. The van der Waals surface area contributed by atoms with Gasteiger partial charge in [0, 0.05) is 30.4 Å². The molecule has 2 rings (SSSR count). The second-order valence-corrected chi connectivity index (χ2v) is 4.08. The van der Waals surface area contributed by atoms with Gasteiger partial charge in [-0.15, -0.1) is 0 Å². The zero-order valence-corrected chi connectivity index (χ0v) is 10.6. The van der Waals surface area contributed by atoms with Gasteiger partial charge in [-0.25, -0.2) is 13.2 Å². The van der Waals surface area contributed by atoms with Gasteiger partial charge in [-0.2, -0.15) is 5.10 Å². The summed E-state index contributed by atoms with van der Waals surface area (Å²) in [7, 11) is 1.58. The molecular formula is C13H14F3N3. The van der Waals surface area contributed by atoms with Gasteiger partial charge in [0.25, 0.3) is 0 Å². The molecule has 0 saturated carbocycles. The molecule has 0 spiro atoms. The average Bonchev–Trinajstić information content (AvgIpc) is 2.81. The minimum absolute atomic E-state index is 0.209. The van der Waals surface area contributed by atoms with Crippen molar-refractivity contribution in [3.8, 4) is 0 Å². The Morgan fingerprint density at radius 1 is 1.26 bits per heavy atom. The fraction of sp³-hybridized carbons (Fsp3) is 0.308. The van der Waals surface area contributed by atoms with Crippen molar-refractivity contribution in [1.82, 2.24) is 15.1 Å². The number of rotatable bonds is 4. The zero-order valence-electron chi connectivity index (χ0n) is 10.6. The molecule has 0 aliphatic rings. The van der Waals surface area contributed by atoms with Gasteiger partial charge in [0.2, 0.25) is 0 Å². The standard InChI is InChI=1S/C13H14F3N3/c1-3-19-11(4-5-18-19)13(17-2)12-9(15)6-8(14)7-10(12)16/h4-7,13,17H,3H2,1-2H3. The van der Waals surface area contributed by atoms with Crippen molar-refractivity contribution in [3.05, 3.63) is 53.1 Å². The van der Waals surface area contributed by atoms with E-state index in [1.807, 2.05) is 6.92 Å². The van der Waals surface area contributed by atoms with Crippen molar-refractivity contribution < 1.29 is 13.2 Å². The van der Waals surface area contributed by atoms with E-state index < -0.39 is 23.5 Å². The van der Waals surface area contributed by atoms with Gasteiger partial charge < -0.3 is 5.32 Å². The maximum atomic E-state index is 13.8. The second kappa shape index (κ2) is 5.44. The molecule has 0 aliphatic carbocycles. The predicted molar refractivity (Wildman–Crippen MR) is 65.1 cm³/mol. The van der Waals surface area contributed by atoms with Crippen molar-refractivity contribution >= 4 is 0 Å². The van der Waals surface area contributed by atoms with Crippen LogP contribution in [0.4, 0.5) is 13.2 Å². The maximum Gasteiger partial charge on any atom is 0.134 e. The number of hydrogen-bond donors (Lipinski definition) is 1. The molecule has 2 aromatic rings. The first-order valence-electron chi connectivity index (χ1n) is 5.91. The molecule has 19 heavy (non-hydrogen) atoms. The van der Waals surface area contributed by atoms with E-state index in [4.69, 9.17) is 0 Å². The normalized spacial score (nSPS) is 12.7. The summed E-state index contributed by atoms with van der Waals surface area (Å²) in [6, 6.07) is 2.31. The lowest BCUT2D eigenvalue weighted by atomic mass is 10.0. The van der Waals surface area contributed by atoms with Crippen molar-refractivity contribution in [3.63, 3.8) is 0 Å².